The summed E-state index contributed by atoms with van der Waals surface area (Å²) in [5.41, 5.74) is 12.0. The third-order valence-corrected chi connectivity index (χ3v) is 3.19. The van der Waals surface area contributed by atoms with E-state index in [4.69, 9.17) is 11.5 Å². The summed E-state index contributed by atoms with van der Waals surface area (Å²) in [6.45, 7) is 1.20. The zero-order chi connectivity index (χ0) is 15.9. The molecule has 1 aromatic heterocycles. The van der Waals surface area contributed by atoms with Crippen molar-refractivity contribution in [3.05, 3.63) is 36.0 Å². The lowest BCUT2D eigenvalue weighted by molar-refractivity contribution is 0.0697. The third-order valence-electron chi connectivity index (χ3n) is 3.19. The first kappa shape index (κ1) is 15.6. The van der Waals surface area contributed by atoms with Crippen LogP contribution in [0.2, 0.25) is 0 Å². The first-order valence-corrected chi connectivity index (χ1v) is 7.00. The van der Waals surface area contributed by atoms with E-state index < -0.39 is 5.97 Å². The fourth-order valence-electron chi connectivity index (χ4n) is 2.15. The van der Waals surface area contributed by atoms with Gasteiger partial charge in [-0.3, -0.25) is 9.98 Å². The number of para-hydroxylation sites is 1. The van der Waals surface area contributed by atoms with Crippen LogP contribution in [-0.2, 0) is 0 Å². The molecule has 0 atom stereocenters. The lowest BCUT2D eigenvalue weighted by Gasteiger charge is -2.12. The van der Waals surface area contributed by atoms with Gasteiger partial charge in [-0.05, 0) is 18.9 Å². The Morgan fingerprint density at radius 1 is 1.27 bits per heavy atom. The van der Waals surface area contributed by atoms with Gasteiger partial charge in [0.2, 0.25) is 0 Å². The number of aromatic carboxylic acids is 1. The van der Waals surface area contributed by atoms with Gasteiger partial charge < -0.3 is 21.9 Å². The zero-order valence-corrected chi connectivity index (χ0v) is 12.1. The molecule has 0 bridgehead atoms. The third kappa shape index (κ3) is 3.85. The SMILES string of the molecule is NC(N)=NCCCCNc1c(C(=O)O)cnc2ccccc12. The maximum Gasteiger partial charge on any atom is 0.339 e. The van der Waals surface area contributed by atoms with Crippen LogP contribution in [0.5, 0.6) is 0 Å². The molecule has 0 spiro atoms. The van der Waals surface area contributed by atoms with E-state index in [0.717, 1.165) is 23.7 Å². The fraction of sp³-hybridized carbons (Fsp3) is 0.267. The number of aromatic nitrogens is 1. The maximum atomic E-state index is 11.4. The summed E-state index contributed by atoms with van der Waals surface area (Å²) in [4.78, 5) is 19.4. The van der Waals surface area contributed by atoms with Gasteiger partial charge in [-0.25, -0.2) is 4.79 Å². The van der Waals surface area contributed by atoms with E-state index in [9.17, 15) is 9.90 Å². The van der Waals surface area contributed by atoms with Crippen molar-refractivity contribution in [1.29, 1.82) is 0 Å². The van der Waals surface area contributed by atoms with Gasteiger partial charge in [-0.15, -0.1) is 0 Å². The number of nitrogens with zero attached hydrogens (tertiary/aromatic N) is 2. The molecule has 0 unspecified atom stereocenters. The second-order valence-electron chi connectivity index (χ2n) is 4.81. The highest BCUT2D eigenvalue weighted by Gasteiger charge is 2.13. The molecule has 7 nitrogen and oxygen atoms in total. The summed E-state index contributed by atoms with van der Waals surface area (Å²) in [6.07, 6.45) is 3.02. The highest BCUT2D eigenvalue weighted by Crippen LogP contribution is 2.25. The highest BCUT2D eigenvalue weighted by atomic mass is 16.4. The van der Waals surface area contributed by atoms with E-state index >= 15 is 0 Å². The minimum Gasteiger partial charge on any atom is -0.478 e. The average Bonchev–Trinajstić information content (AvgIpc) is 2.50. The Morgan fingerprint density at radius 2 is 2.05 bits per heavy atom. The van der Waals surface area contributed by atoms with Gasteiger partial charge in [-0.1, -0.05) is 18.2 Å². The monoisotopic (exact) mass is 301 g/mol. The van der Waals surface area contributed by atoms with Gasteiger partial charge >= 0.3 is 5.97 Å². The number of aliphatic imine (C=N–C) groups is 1. The Labute approximate surface area is 128 Å². The van der Waals surface area contributed by atoms with Crippen LogP contribution in [0.25, 0.3) is 10.9 Å². The molecule has 7 heteroatoms. The van der Waals surface area contributed by atoms with Crippen molar-refractivity contribution in [3.63, 3.8) is 0 Å². The standard InChI is InChI=1S/C15H19N5O2/c16-15(17)19-8-4-3-7-18-13-10-5-1-2-6-12(10)20-9-11(13)14(21)22/h1-2,5-6,9H,3-4,7-8H2,(H,18,20)(H,21,22)(H4,16,17,19). The molecule has 0 aliphatic rings. The van der Waals surface area contributed by atoms with Crippen LogP contribution >= 0.6 is 0 Å². The molecule has 6 N–H and O–H groups in total. The molecular formula is C15H19N5O2. The molecule has 0 amide bonds. The predicted octanol–water partition coefficient (Wildman–Crippen LogP) is 1.40. The lowest BCUT2D eigenvalue weighted by Crippen LogP contribution is -2.23. The van der Waals surface area contributed by atoms with Crippen LogP contribution in [0.4, 0.5) is 5.69 Å². The number of nitrogens with one attached hydrogen (secondary N) is 1. The lowest BCUT2D eigenvalue weighted by atomic mass is 10.1. The van der Waals surface area contributed by atoms with Gasteiger partial charge in [0.15, 0.2) is 5.96 Å². The molecule has 0 aliphatic heterocycles. The summed E-state index contributed by atoms with van der Waals surface area (Å²) in [6, 6.07) is 7.44. The number of carbonyl (C=O) groups is 1. The van der Waals surface area contributed by atoms with Crippen molar-refractivity contribution in [2.75, 3.05) is 18.4 Å². The van der Waals surface area contributed by atoms with Crippen molar-refractivity contribution in [2.45, 2.75) is 12.8 Å². The number of carboxylic acids is 1. The molecule has 116 valence electrons. The minimum atomic E-state index is -0.999. The Bertz CT molecular complexity index is 695. The second-order valence-corrected chi connectivity index (χ2v) is 4.81. The summed E-state index contributed by atoms with van der Waals surface area (Å²) < 4.78 is 0. The first-order chi connectivity index (χ1) is 10.6. The summed E-state index contributed by atoms with van der Waals surface area (Å²) in [7, 11) is 0. The Balaban J connectivity index is 2.10. The summed E-state index contributed by atoms with van der Waals surface area (Å²) >= 11 is 0. The number of benzene rings is 1. The summed E-state index contributed by atoms with van der Waals surface area (Å²) in [5.74, 6) is -0.914. The summed E-state index contributed by atoms with van der Waals surface area (Å²) in [5, 5.41) is 13.3. The van der Waals surface area contributed by atoms with Gasteiger partial charge in [0.1, 0.15) is 5.56 Å². The van der Waals surface area contributed by atoms with Crippen LogP contribution in [0.1, 0.15) is 23.2 Å². The fourth-order valence-corrected chi connectivity index (χ4v) is 2.15. The van der Waals surface area contributed by atoms with E-state index in [2.05, 4.69) is 15.3 Å². The van der Waals surface area contributed by atoms with Crippen molar-refractivity contribution < 1.29 is 9.90 Å². The predicted molar refractivity (Wildman–Crippen MR) is 87.1 cm³/mol. The molecule has 0 aliphatic carbocycles. The molecule has 0 fully saturated rings. The molecule has 0 radical (unpaired) electrons. The molecule has 2 aromatic rings. The molecule has 0 saturated heterocycles. The maximum absolute atomic E-state index is 11.4. The van der Waals surface area contributed by atoms with E-state index in [1.54, 1.807) is 0 Å². The number of carboxylic acid groups (broad SMARTS) is 1. The van der Waals surface area contributed by atoms with Crippen LogP contribution in [0, 0.1) is 0 Å². The minimum absolute atomic E-state index is 0.0845. The van der Waals surface area contributed by atoms with Crippen molar-refractivity contribution in [2.24, 2.45) is 16.5 Å². The van der Waals surface area contributed by atoms with Crippen LogP contribution in [-0.4, -0.2) is 35.1 Å². The van der Waals surface area contributed by atoms with Gasteiger partial charge in [0, 0.05) is 24.7 Å². The smallest absolute Gasteiger partial charge is 0.339 e. The number of rotatable bonds is 7. The van der Waals surface area contributed by atoms with E-state index in [1.807, 2.05) is 24.3 Å². The number of hydrogen-bond donors (Lipinski definition) is 4. The number of fused-ring (bicyclic) bond motifs is 1. The number of nitrogens with two attached hydrogens (primary N) is 2. The first-order valence-electron chi connectivity index (χ1n) is 7.00. The van der Waals surface area contributed by atoms with E-state index in [0.29, 0.717) is 18.8 Å². The van der Waals surface area contributed by atoms with E-state index in [1.165, 1.54) is 6.20 Å². The Kier molecular flexibility index (Phi) is 5.13. The Hall–Kier alpha value is -2.83. The van der Waals surface area contributed by atoms with Crippen LogP contribution < -0.4 is 16.8 Å². The second kappa shape index (κ2) is 7.26. The van der Waals surface area contributed by atoms with Crippen LogP contribution in [0.15, 0.2) is 35.5 Å². The van der Waals surface area contributed by atoms with Crippen LogP contribution in [0.3, 0.4) is 0 Å². The molecule has 1 aromatic carbocycles. The Morgan fingerprint density at radius 3 is 2.77 bits per heavy atom. The molecule has 22 heavy (non-hydrogen) atoms. The molecular weight excluding hydrogens is 282 g/mol. The quantitative estimate of drug-likeness (QED) is 0.348. The largest absolute Gasteiger partial charge is 0.478 e. The van der Waals surface area contributed by atoms with E-state index in [-0.39, 0.29) is 11.5 Å². The van der Waals surface area contributed by atoms with Crippen molar-refractivity contribution in [1.82, 2.24) is 4.98 Å². The zero-order valence-electron chi connectivity index (χ0n) is 12.1. The topological polar surface area (TPSA) is 127 Å². The van der Waals surface area contributed by atoms with Crippen molar-refractivity contribution >= 4 is 28.5 Å². The van der Waals surface area contributed by atoms with Gasteiger partial charge in [0.25, 0.3) is 0 Å². The van der Waals surface area contributed by atoms with Gasteiger partial charge in [-0.2, -0.15) is 0 Å². The number of pyridine rings is 1. The van der Waals surface area contributed by atoms with Crippen molar-refractivity contribution in [3.8, 4) is 0 Å². The molecule has 0 saturated carbocycles. The van der Waals surface area contributed by atoms with Gasteiger partial charge in [0.05, 0.1) is 11.2 Å². The number of guanidine groups is 1. The molecule has 1 heterocycles. The number of hydrogen-bond acceptors (Lipinski definition) is 4. The average molecular weight is 301 g/mol. The normalized spacial score (nSPS) is 10.4. The number of anilines is 1. The number of unbranched alkanes of at least 4 members (excludes halogenated alkanes) is 1. The molecule has 2 rings (SSSR count). The highest BCUT2D eigenvalue weighted by molar-refractivity contribution is 6.04.